The minimum absolute atomic E-state index is 0.0462. The van der Waals surface area contributed by atoms with Crippen LogP contribution in [0, 0.1) is 0 Å². The normalized spacial score (nSPS) is 15.7. The Bertz CT molecular complexity index is 914. The number of nitrogens with one attached hydrogen (secondary N) is 1. The number of fused-ring (bicyclic) bond motifs is 1. The van der Waals surface area contributed by atoms with Gasteiger partial charge in [-0.25, -0.2) is 4.98 Å². The molecule has 3 nitrogen and oxygen atoms in total. The summed E-state index contributed by atoms with van der Waals surface area (Å²) in [6.07, 6.45) is 3.39. The smallest absolute Gasteiger partial charge is 0.226 e. The quantitative estimate of drug-likeness (QED) is 0.714. The van der Waals surface area contributed by atoms with Crippen molar-refractivity contribution >= 4 is 17.2 Å². The lowest BCUT2D eigenvalue weighted by molar-refractivity contribution is -0.121. The Labute approximate surface area is 158 Å². The zero-order chi connectivity index (χ0) is 17.9. The fourth-order valence-corrected chi connectivity index (χ4v) is 4.35. The molecule has 1 aromatic heterocycles. The van der Waals surface area contributed by atoms with Gasteiger partial charge in [0.25, 0.3) is 0 Å². The van der Waals surface area contributed by atoms with Gasteiger partial charge >= 0.3 is 0 Å². The third kappa shape index (κ3) is 3.56. The number of hydrogen-bond acceptors (Lipinski definition) is 3. The van der Waals surface area contributed by atoms with Crippen molar-refractivity contribution in [2.75, 3.05) is 0 Å². The van der Waals surface area contributed by atoms with Crippen molar-refractivity contribution in [2.24, 2.45) is 0 Å². The molecule has 26 heavy (non-hydrogen) atoms. The topological polar surface area (TPSA) is 42.0 Å². The summed E-state index contributed by atoms with van der Waals surface area (Å²) in [7, 11) is 0. The van der Waals surface area contributed by atoms with Gasteiger partial charge in [0.2, 0.25) is 5.91 Å². The Hall–Kier alpha value is -2.46. The van der Waals surface area contributed by atoms with E-state index in [1.54, 1.807) is 11.3 Å². The average molecular weight is 362 g/mol. The summed E-state index contributed by atoms with van der Waals surface area (Å²) in [6, 6.07) is 17.0. The zero-order valence-corrected chi connectivity index (χ0v) is 15.7. The molecule has 0 spiro atoms. The molecule has 1 aliphatic rings. The average Bonchev–Trinajstić information content (AvgIpc) is 3.29. The van der Waals surface area contributed by atoms with Gasteiger partial charge < -0.3 is 5.32 Å². The van der Waals surface area contributed by atoms with Gasteiger partial charge in [0, 0.05) is 10.9 Å². The molecule has 2 aromatic carbocycles. The van der Waals surface area contributed by atoms with E-state index in [9.17, 15) is 4.79 Å². The third-order valence-electron chi connectivity index (χ3n) is 4.97. The van der Waals surface area contributed by atoms with Crippen LogP contribution in [-0.2, 0) is 24.1 Å². The van der Waals surface area contributed by atoms with Crippen LogP contribution in [-0.4, -0.2) is 10.9 Å². The summed E-state index contributed by atoms with van der Waals surface area (Å²) in [6.45, 7) is 2.15. The number of nitrogens with zero attached hydrogens (tertiary/aromatic N) is 1. The van der Waals surface area contributed by atoms with Gasteiger partial charge in [-0.05, 0) is 36.0 Å². The lowest BCUT2D eigenvalue weighted by Crippen LogP contribution is -2.28. The van der Waals surface area contributed by atoms with Crippen LogP contribution in [0.1, 0.15) is 41.8 Å². The van der Waals surface area contributed by atoms with Crippen molar-refractivity contribution in [3.05, 3.63) is 76.3 Å². The number of amides is 1. The van der Waals surface area contributed by atoms with Gasteiger partial charge in [0.05, 0.1) is 18.2 Å². The van der Waals surface area contributed by atoms with Crippen LogP contribution in [0.15, 0.2) is 53.9 Å². The zero-order valence-electron chi connectivity index (χ0n) is 14.9. The van der Waals surface area contributed by atoms with E-state index in [4.69, 9.17) is 0 Å². The lowest BCUT2D eigenvalue weighted by atomic mass is 10.1. The van der Waals surface area contributed by atoms with Crippen molar-refractivity contribution < 1.29 is 4.79 Å². The van der Waals surface area contributed by atoms with Crippen LogP contribution in [0.3, 0.4) is 0 Å². The van der Waals surface area contributed by atoms with E-state index in [0.717, 1.165) is 35.5 Å². The summed E-state index contributed by atoms with van der Waals surface area (Å²) >= 11 is 1.60. The summed E-state index contributed by atoms with van der Waals surface area (Å²) in [5, 5.41) is 6.14. The highest BCUT2D eigenvalue weighted by Gasteiger charge is 2.23. The molecule has 1 amide bonds. The maximum Gasteiger partial charge on any atom is 0.226 e. The van der Waals surface area contributed by atoms with Crippen molar-refractivity contribution in [3.63, 3.8) is 0 Å². The monoisotopic (exact) mass is 362 g/mol. The van der Waals surface area contributed by atoms with E-state index in [1.165, 1.54) is 16.7 Å². The summed E-state index contributed by atoms with van der Waals surface area (Å²) in [5.74, 6) is 0.0462. The first-order valence-electron chi connectivity index (χ1n) is 9.14. The van der Waals surface area contributed by atoms with Crippen molar-refractivity contribution in [1.29, 1.82) is 0 Å². The predicted octanol–water partition coefficient (Wildman–Crippen LogP) is 4.72. The molecule has 4 heteroatoms. The Morgan fingerprint density at radius 3 is 2.81 bits per heavy atom. The minimum Gasteiger partial charge on any atom is -0.349 e. The largest absolute Gasteiger partial charge is 0.349 e. The second-order valence-electron chi connectivity index (χ2n) is 6.73. The number of benzene rings is 2. The van der Waals surface area contributed by atoms with E-state index in [0.29, 0.717) is 6.42 Å². The van der Waals surface area contributed by atoms with Gasteiger partial charge in [-0.3, -0.25) is 4.79 Å². The van der Waals surface area contributed by atoms with Gasteiger partial charge in [-0.1, -0.05) is 55.5 Å². The van der Waals surface area contributed by atoms with Gasteiger partial charge in [-0.15, -0.1) is 11.3 Å². The highest BCUT2D eigenvalue weighted by atomic mass is 32.1. The molecule has 0 radical (unpaired) electrons. The molecule has 1 N–H and O–H groups in total. The van der Waals surface area contributed by atoms with Crippen LogP contribution < -0.4 is 5.32 Å². The molecule has 0 fully saturated rings. The van der Waals surface area contributed by atoms with Crippen LogP contribution >= 0.6 is 11.3 Å². The first-order valence-corrected chi connectivity index (χ1v) is 10.0. The Balaban J connectivity index is 1.40. The van der Waals surface area contributed by atoms with Gasteiger partial charge in [0.15, 0.2) is 0 Å². The minimum atomic E-state index is 0.0462. The van der Waals surface area contributed by atoms with E-state index in [1.807, 2.05) is 11.4 Å². The molecule has 1 aliphatic carbocycles. The lowest BCUT2D eigenvalue weighted by Gasteiger charge is -2.13. The van der Waals surface area contributed by atoms with E-state index in [2.05, 4.69) is 59.7 Å². The molecule has 1 heterocycles. The Morgan fingerprint density at radius 2 is 2.00 bits per heavy atom. The highest BCUT2D eigenvalue weighted by molar-refractivity contribution is 7.13. The third-order valence-corrected chi connectivity index (χ3v) is 5.91. The van der Waals surface area contributed by atoms with E-state index >= 15 is 0 Å². The van der Waals surface area contributed by atoms with Crippen molar-refractivity contribution in [2.45, 2.75) is 38.6 Å². The van der Waals surface area contributed by atoms with Crippen molar-refractivity contribution in [3.8, 4) is 10.6 Å². The Kier molecular flexibility index (Phi) is 4.85. The summed E-state index contributed by atoms with van der Waals surface area (Å²) in [4.78, 5) is 17.1. The number of thiazole rings is 1. The molecule has 1 atom stereocenters. The molecule has 3 aromatic rings. The SMILES string of the molecule is CCc1ccc(-c2nc(CC(=O)NC3CCc4ccccc43)cs2)cc1. The molecule has 0 bridgehead atoms. The first kappa shape index (κ1) is 17.0. The molecule has 132 valence electrons. The van der Waals surface area contributed by atoms with Gasteiger partial charge in [-0.2, -0.15) is 0 Å². The maximum atomic E-state index is 12.5. The molecule has 0 saturated carbocycles. The van der Waals surface area contributed by atoms with E-state index < -0.39 is 0 Å². The predicted molar refractivity (Wildman–Crippen MR) is 106 cm³/mol. The van der Waals surface area contributed by atoms with Crippen LogP contribution in [0.25, 0.3) is 10.6 Å². The summed E-state index contributed by atoms with van der Waals surface area (Å²) < 4.78 is 0. The molecule has 4 rings (SSSR count). The first-order chi connectivity index (χ1) is 12.7. The fourth-order valence-electron chi connectivity index (χ4n) is 3.52. The number of aromatic nitrogens is 1. The number of carbonyl (C=O) groups excluding carboxylic acids is 1. The van der Waals surface area contributed by atoms with Crippen molar-refractivity contribution in [1.82, 2.24) is 10.3 Å². The molecular weight excluding hydrogens is 340 g/mol. The standard InChI is InChI=1S/C22H22N2OS/c1-2-15-7-9-17(10-8-15)22-23-18(14-26-22)13-21(25)24-20-12-11-16-5-3-4-6-19(16)20/h3-10,14,20H,2,11-13H2,1H3,(H,24,25). The molecule has 0 saturated heterocycles. The second kappa shape index (κ2) is 7.42. The number of carbonyl (C=O) groups is 1. The summed E-state index contributed by atoms with van der Waals surface area (Å²) in [5.41, 5.74) is 5.89. The van der Waals surface area contributed by atoms with E-state index in [-0.39, 0.29) is 11.9 Å². The highest BCUT2D eigenvalue weighted by Crippen LogP contribution is 2.31. The molecule has 0 aliphatic heterocycles. The number of hydrogen-bond donors (Lipinski definition) is 1. The Morgan fingerprint density at radius 1 is 1.19 bits per heavy atom. The van der Waals surface area contributed by atoms with Gasteiger partial charge in [0.1, 0.15) is 5.01 Å². The maximum absolute atomic E-state index is 12.5. The van der Waals surface area contributed by atoms with Crippen LogP contribution in [0.2, 0.25) is 0 Å². The number of aryl methyl sites for hydroxylation is 2. The number of rotatable bonds is 5. The second-order valence-corrected chi connectivity index (χ2v) is 7.59. The molecular formula is C22H22N2OS. The van der Waals surface area contributed by atoms with Crippen LogP contribution in [0.4, 0.5) is 0 Å². The molecule has 1 unspecified atom stereocenters. The fraction of sp³-hybridized carbons (Fsp3) is 0.273. The van der Waals surface area contributed by atoms with Crippen LogP contribution in [0.5, 0.6) is 0 Å².